The standard InChI is InChI=1S/C15H22ClNS/c1-2-12(17)9-11-7-8-15(14(16)10-11)18-13-5-3-4-6-13/h7-8,10,12-13H,2-6,9,17H2,1H3. The minimum absolute atomic E-state index is 0.245. The molecule has 1 aliphatic carbocycles. The van der Waals surface area contributed by atoms with Crippen LogP contribution in [0.25, 0.3) is 0 Å². The monoisotopic (exact) mass is 283 g/mol. The van der Waals surface area contributed by atoms with E-state index in [4.69, 9.17) is 17.3 Å². The van der Waals surface area contributed by atoms with Crippen molar-refractivity contribution in [1.82, 2.24) is 0 Å². The molecule has 1 unspecified atom stereocenters. The summed E-state index contributed by atoms with van der Waals surface area (Å²) in [5.74, 6) is 0. The molecule has 1 fully saturated rings. The van der Waals surface area contributed by atoms with E-state index in [0.717, 1.165) is 23.1 Å². The van der Waals surface area contributed by atoms with Gasteiger partial charge in [0.05, 0.1) is 5.02 Å². The summed E-state index contributed by atoms with van der Waals surface area (Å²) in [6.45, 7) is 2.12. The average molecular weight is 284 g/mol. The molecule has 0 heterocycles. The molecular weight excluding hydrogens is 262 g/mol. The van der Waals surface area contributed by atoms with Gasteiger partial charge in [-0.15, -0.1) is 11.8 Å². The molecule has 0 aromatic heterocycles. The van der Waals surface area contributed by atoms with Crippen molar-refractivity contribution in [1.29, 1.82) is 0 Å². The van der Waals surface area contributed by atoms with Crippen molar-refractivity contribution in [2.75, 3.05) is 0 Å². The Kier molecular flexibility index (Phi) is 5.40. The van der Waals surface area contributed by atoms with Gasteiger partial charge in [-0.2, -0.15) is 0 Å². The van der Waals surface area contributed by atoms with Crippen molar-refractivity contribution in [3.8, 4) is 0 Å². The first-order valence-corrected chi connectivity index (χ1v) is 8.15. The predicted molar refractivity (Wildman–Crippen MR) is 81.5 cm³/mol. The molecule has 1 aliphatic rings. The smallest absolute Gasteiger partial charge is 0.0544 e. The van der Waals surface area contributed by atoms with Gasteiger partial charge in [0.15, 0.2) is 0 Å². The van der Waals surface area contributed by atoms with E-state index in [1.807, 2.05) is 11.8 Å². The molecule has 0 saturated heterocycles. The van der Waals surface area contributed by atoms with Crippen LogP contribution >= 0.6 is 23.4 Å². The van der Waals surface area contributed by atoms with Gasteiger partial charge in [0.25, 0.3) is 0 Å². The Morgan fingerprint density at radius 2 is 2.11 bits per heavy atom. The van der Waals surface area contributed by atoms with E-state index in [1.165, 1.54) is 36.1 Å². The molecule has 0 aliphatic heterocycles. The van der Waals surface area contributed by atoms with Crippen LogP contribution in [0.3, 0.4) is 0 Å². The molecule has 0 radical (unpaired) electrons. The zero-order chi connectivity index (χ0) is 13.0. The summed E-state index contributed by atoms with van der Waals surface area (Å²) < 4.78 is 0. The van der Waals surface area contributed by atoms with Crippen molar-refractivity contribution >= 4 is 23.4 Å². The van der Waals surface area contributed by atoms with Crippen LogP contribution in [0.1, 0.15) is 44.6 Å². The fourth-order valence-electron chi connectivity index (χ4n) is 2.40. The van der Waals surface area contributed by atoms with E-state index < -0.39 is 0 Å². The topological polar surface area (TPSA) is 26.0 Å². The molecule has 2 rings (SSSR count). The summed E-state index contributed by atoms with van der Waals surface area (Å²) in [5, 5.41) is 1.67. The molecule has 18 heavy (non-hydrogen) atoms. The summed E-state index contributed by atoms with van der Waals surface area (Å²) in [5.41, 5.74) is 7.23. The van der Waals surface area contributed by atoms with Crippen molar-refractivity contribution in [3.05, 3.63) is 28.8 Å². The number of rotatable bonds is 5. The van der Waals surface area contributed by atoms with E-state index in [9.17, 15) is 0 Å². The lowest BCUT2D eigenvalue weighted by molar-refractivity contribution is 0.646. The summed E-state index contributed by atoms with van der Waals surface area (Å²) in [7, 11) is 0. The summed E-state index contributed by atoms with van der Waals surface area (Å²) >= 11 is 8.32. The highest BCUT2D eigenvalue weighted by Gasteiger charge is 2.17. The van der Waals surface area contributed by atoms with Crippen LogP contribution in [0.2, 0.25) is 5.02 Å². The van der Waals surface area contributed by atoms with Crippen LogP contribution in [-0.4, -0.2) is 11.3 Å². The minimum atomic E-state index is 0.245. The Morgan fingerprint density at radius 3 is 2.72 bits per heavy atom. The number of hydrogen-bond donors (Lipinski definition) is 1. The maximum absolute atomic E-state index is 6.37. The van der Waals surface area contributed by atoms with E-state index in [-0.39, 0.29) is 6.04 Å². The Morgan fingerprint density at radius 1 is 1.39 bits per heavy atom. The lowest BCUT2D eigenvalue weighted by atomic mass is 10.1. The Balaban J connectivity index is 2.00. The first kappa shape index (κ1) is 14.2. The second-order valence-corrected chi connectivity index (χ2v) is 6.91. The highest BCUT2D eigenvalue weighted by atomic mass is 35.5. The number of thioether (sulfide) groups is 1. The maximum Gasteiger partial charge on any atom is 0.0544 e. The lowest BCUT2D eigenvalue weighted by Crippen LogP contribution is -2.21. The molecule has 3 heteroatoms. The Bertz CT molecular complexity index is 388. The number of nitrogens with two attached hydrogens (primary N) is 1. The van der Waals surface area contributed by atoms with Crippen LogP contribution in [0, 0.1) is 0 Å². The van der Waals surface area contributed by atoms with Crippen molar-refractivity contribution in [2.45, 2.75) is 61.6 Å². The molecule has 0 bridgehead atoms. The second kappa shape index (κ2) is 6.83. The van der Waals surface area contributed by atoms with Crippen LogP contribution in [-0.2, 0) is 6.42 Å². The largest absolute Gasteiger partial charge is 0.327 e. The fourth-order valence-corrected chi connectivity index (χ4v) is 3.98. The average Bonchev–Trinajstić information content (AvgIpc) is 2.85. The van der Waals surface area contributed by atoms with E-state index in [0.29, 0.717) is 0 Å². The van der Waals surface area contributed by atoms with E-state index in [1.54, 1.807) is 0 Å². The third-order valence-electron chi connectivity index (χ3n) is 3.61. The minimum Gasteiger partial charge on any atom is -0.327 e. The van der Waals surface area contributed by atoms with Gasteiger partial charge in [0.2, 0.25) is 0 Å². The molecular formula is C15H22ClNS. The van der Waals surface area contributed by atoms with Gasteiger partial charge in [-0.1, -0.05) is 37.4 Å². The van der Waals surface area contributed by atoms with E-state index >= 15 is 0 Å². The quantitative estimate of drug-likeness (QED) is 0.851. The van der Waals surface area contributed by atoms with Gasteiger partial charge in [-0.25, -0.2) is 0 Å². The molecule has 1 aromatic rings. The third-order valence-corrected chi connectivity index (χ3v) is 5.45. The van der Waals surface area contributed by atoms with Crippen molar-refractivity contribution < 1.29 is 0 Å². The van der Waals surface area contributed by atoms with Crippen molar-refractivity contribution in [3.63, 3.8) is 0 Å². The Hall–Kier alpha value is -0.180. The normalized spacial score (nSPS) is 18.2. The molecule has 0 amide bonds. The highest BCUT2D eigenvalue weighted by Crippen LogP contribution is 2.38. The maximum atomic E-state index is 6.37. The molecule has 0 spiro atoms. The molecule has 1 saturated carbocycles. The lowest BCUT2D eigenvalue weighted by Gasteiger charge is -2.13. The van der Waals surface area contributed by atoms with Gasteiger partial charge in [0, 0.05) is 16.2 Å². The van der Waals surface area contributed by atoms with Crippen LogP contribution < -0.4 is 5.73 Å². The molecule has 1 aromatic carbocycles. The van der Waals surface area contributed by atoms with Gasteiger partial charge < -0.3 is 5.73 Å². The predicted octanol–water partition coefficient (Wildman–Crippen LogP) is 4.65. The van der Waals surface area contributed by atoms with Crippen molar-refractivity contribution in [2.24, 2.45) is 5.73 Å². The first-order chi connectivity index (χ1) is 8.69. The van der Waals surface area contributed by atoms with Crippen LogP contribution in [0.15, 0.2) is 23.1 Å². The van der Waals surface area contributed by atoms with Gasteiger partial charge in [-0.3, -0.25) is 0 Å². The zero-order valence-electron chi connectivity index (χ0n) is 11.0. The van der Waals surface area contributed by atoms with Crippen LogP contribution in [0.4, 0.5) is 0 Å². The SMILES string of the molecule is CCC(N)Cc1ccc(SC2CCCC2)c(Cl)c1. The summed E-state index contributed by atoms with van der Waals surface area (Å²) in [6, 6.07) is 6.69. The number of benzene rings is 1. The fraction of sp³-hybridized carbons (Fsp3) is 0.600. The number of hydrogen-bond acceptors (Lipinski definition) is 2. The molecule has 2 N–H and O–H groups in total. The van der Waals surface area contributed by atoms with Gasteiger partial charge in [0.1, 0.15) is 0 Å². The molecule has 1 atom stereocenters. The second-order valence-electron chi connectivity index (χ2n) is 5.16. The van der Waals surface area contributed by atoms with E-state index in [2.05, 4.69) is 25.1 Å². The molecule has 100 valence electrons. The van der Waals surface area contributed by atoms with Gasteiger partial charge >= 0.3 is 0 Å². The third kappa shape index (κ3) is 3.91. The van der Waals surface area contributed by atoms with Crippen LogP contribution in [0.5, 0.6) is 0 Å². The Labute approximate surface area is 119 Å². The number of halogens is 1. The zero-order valence-corrected chi connectivity index (χ0v) is 12.6. The highest BCUT2D eigenvalue weighted by molar-refractivity contribution is 8.00. The molecule has 1 nitrogen and oxygen atoms in total. The summed E-state index contributed by atoms with van der Waals surface area (Å²) in [4.78, 5) is 1.23. The first-order valence-electron chi connectivity index (χ1n) is 6.89. The van der Waals surface area contributed by atoms with Gasteiger partial charge in [-0.05, 0) is 43.4 Å². The summed E-state index contributed by atoms with van der Waals surface area (Å²) in [6.07, 6.45) is 7.35.